The number of benzene rings is 1. The van der Waals surface area contributed by atoms with Crippen LogP contribution in [0.1, 0.15) is 49.1 Å². The van der Waals surface area contributed by atoms with Crippen LogP contribution in [-0.2, 0) is 16.1 Å². The van der Waals surface area contributed by atoms with E-state index in [4.69, 9.17) is 4.74 Å². The third kappa shape index (κ3) is 2.33. The van der Waals surface area contributed by atoms with Gasteiger partial charge in [0, 0.05) is 25.6 Å². The molecule has 1 spiro atoms. The van der Waals surface area contributed by atoms with Crippen molar-refractivity contribution < 1.29 is 9.53 Å². The summed E-state index contributed by atoms with van der Waals surface area (Å²) in [6.45, 7) is 2.44. The summed E-state index contributed by atoms with van der Waals surface area (Å²) in [4.78, 5) is 13.0. The van der Waals surface area contributed by atoms with Crippen LogP contribution in [0, 0.1) is 5.92 Å². The Kier molecular flexibility index (Phi) is 3.35. The summed E-state index contributed by atoms with van der Waals surface area (Å²) in [6, 6.07) is 8.39. The summed E-state index contributed by atoms with van der Waals surface area (Å²) in [6.07, 6.45) is 5.41. The Hall–Kier alpha value is -1.19. The number of Topliss-reactive ketones (excluding diaryl/α,β-unsaturated/α-hetero) is 1. The van der Waals surface area contributed by atoms with Crippen LogP contribution in [0.4, 0.5) is 0 Å². The van der Waals surface area contributed by atoms with Crippen molar-refractivity contribution in [1.82, 2.24) is 5.32 Å². The SMILES string of the molecule is O=C(C1CCOC2(CCC2)C1)C1CNCc2ccccc21. The summed E-state index contributed by atoms with van der Waals surface area (Å²) < 4.78 is 5.97. The first-order valence-corrected chi connectivity index (χ1v) is 8.24. The van der Waals surface area contributed by atoms with Crippen molar-refractivity contribution in [3.05, 3.63) is 35.4 Å². The van der Waals surface area contributed by atoms with E-state index in [1.807, 2.05) is 0 Å². The van der Waals surface area contributed by atoms with Gasteiger partial charge in [0.2, 0.25) is 0 Å². The highest BCUT2D eigenvalue weighted by atomic mass is 16.5. The molecular formula is C18H23NO2. The van der Waals surface area contributed by atoms with E-state index >= 15 is 0 Å². The fourth-order valence-electron chi connectivity index (χ4n) is 4.22. The highest BCUT2D eigenvalue weighted by molar-refractivity contribution is 5.89. The standard InChI is InChI=1S/C18H23NO2/c20-17(13-6-9-21-18(10-13)7-3-8-18)16-12-19-11-14-4-1-2-5-15(14)16/h1-2,4-5,13,16,19H,3,6-12H2. The minimum Gasteiger partial charge on any atom is -0.375 e. The molecule has 1 aromatic rings. The Morgan fingerprint density at radius 1 is 1.29 bits per heavy atom. The minimum atomic E-state index is 0.0372. The van der Waals surface area contributed by atoms with E-state index in [1.54, 1.807) is 0 Å². The highest BCUT2D eigenvalue weighted by Gasteiger charge is 2.45. The first-order valence-electron chi connectivity index (χ1n) is 8.24. The third-order valence-corrected chi connectivity index (χ3v) is 5.60. The number of rotatable bonds is 2. The van der Waals surface area contributed by atoms with Gasteiger partial charge >= 0.3 is 0 Å². The molecule has 0 radical (unpaired) electrons. The molecule has 1 saturated heterocycles. The van der Waals surface area contributed by atoms with Crippen LogP contribution in [0.2, 0.25) is 0 Å². The van der Waals surface area contributed by atoms with Crippen molar-refractivity contribution in [2.75, 3.05) is 13.2 Å². The number of fused-ring (bicyclic) bond motifs is 1. The second-order valence-corrected chi connectivity index (χ2v) is 6.86. The molecule has 1 saturated carbocycles. The maximum atomic E-state index is 13.0. The molecule has 1 aliphatic carbocycles. The predicted octanol–water partition coefficient (Wildman–Crippen LogP) is 2.79. The molecular weight excluding hydrogens is 262 g/mol. The van der Waals surface area contributed by atoms with Crippen LogP contribution in [0.25, 0.3) is 0 Å². The largest absolute Gasteiger partial charge is 0.375 e. The number of ether oxygens (including phenoxy) is 1. The zero-order valence-corrected chi connectivity index (χ0v) is 12.4. The minimum absolute atomic E-state index is 0.0372. The van der Waals surface area contributed by atoms with Gasteiger partial charge in [-0.2, -0.15) is 0 Å². The number of nitrogens with one attached hydrogen (secondary N) is 1. The van der Waals surface area contributed by atoms with E-state index in [2.05, 4.69) is 29.6 Å². The molecule has 112 valence electrons. The van der Waals surface area contributed by atoms with Gasteiger partial charge in [0.1, 0.15) is 5.78 Å². The number of hydrogen-bond acceptors (Lipinski definition) is 3. The van der Waals surface area contributed by atoms with Crippen molar-refractivity contribution in [3.63, 3.8) is 0 Å². The molecule has 0 amide bonds. The molecule has 3 aliphatic rings. The monoisotopic (exact) mass is 285 g/mol. The fourth-order valence-corrected chi connectivity index (χ4v) is 4.22. The fraction of sp³-hybridized carbons (Fsp3) is 0.611. The summed E-state index contributed by atoms with van der Waals surface area (Å²) >= 11 is 0. The van der Waals surface area contributed by atoms with Crippen LogP contribution < -0.4 is 5.32 Å². The maximum absolute atomic E-state index is 13.0. The van der Waals surface area contributed by atoms with Gasteiger partial charge in [0.25, 0.3) is 0 Å². The van der Waals surface area contributed by atoms with Crippen LogP contribution in [-0.4, -0.2) is 24.5 Å². The molecule has 1 aromatic carbocycles. The van der Waals surface area contributed by atoms with Crippen LogP contribution in [0.5, 0.6) is 0 Å². The predicted molar refractivity (Wildman–Crippen MR) is 81.2 cm³/mol. The lowest BCUT2D eigenvalue weighted by Gasteiger charge is -2.47. The van der Waals surface area contributed by atoms with Crippen LogP contribution in [0.15, 0.2) is 24.3 Å². The number of hydrogen-bond donors (Lipinski definition) is 1. The number of carbonyl (C=O) groups is 1. The Bertz CT molecular complexity index is 550. The lowest BCUT2D eigenvalue weighted by Crippen LogP contribution is -2.48. The smallest absolute Gasteiger partial charge is 0.144 e. The Labute approximate surface area is 126 Å². The molecule has 2 fully saturated rings. The first-order chi connectivity index (χ1) is 10.3. The van der Waals surface area contributed by atoms with Crippen LogP contribution >= 0.6 is 0 Å². The quantitative estimate of drug-likeness (QED) is 0.908. The molecule has 2 heterocycles. The van der Waals surface area contributed by atoms with E-state index in [0.717, 1.165) is 45.4 Å². The van der Waals surface area contributed by atoms with E-state index < -0.39 is 0 Å². The zero-order valence-electron chi connectivity index (χ0n) is 12.4. The highest BCUT2D eigenvalue weighted by Crippen LogP contribution is 2.45. The van der Waals surface area contributed by atoms with Gasteiger partial charge in [-0.3, -0.25) is 4.79 Å². The first kappa shape index (κ1) is 13.5. The Morgan fingerprint density at radius 3 is 2.95 bits per heavy atom. The molecule has 2 atom stereocenters. The van der Waals surface area contributed by atoms with Crippen molar-refractivity contribution in [1.29, 1.82) is 0 Å². The molecule has 1 N–H and O–H groups in total. The molecule has 3 nitrogen and oxygen atoms in total. The van der Waals surface area contributed by atoms with E-state index in [9.17, 15) is 4.79 Å². The van der Waals surface area contributed by atoms with Gasteiger partial charge < -0.3 is 10.1 Å². The third-order valence-electron chi connectivity index (χ3n) is 5.60. The van der Waals surface area contributed by atoms with Crippen molar-refractivity contribution in [3.8, 4) is 0 Å². The second-order valence-electron chi connectivity index (χ2n) is 6.86. The molecule has 0 bridgehead atoms. The van der Waals surface area contributed by atoms with Gasteiger partial charge in [0.05, 0.1) is 11.5 Å². The maximum Gasteiger partial charge on any atom is 0.144 e. The van der Waals surface area contributed by atoms with Crippen molar-refractivity contribution in [2.45, 2.75) is 50.2 Å². The molecule has 2 unspecified atom stereocenters. The van der Waals surface area contributed by atoms with Crippen LogP contribution in [0.3, 0.4) is 0 Å². The summed E-state index contributed by atoms with van der Waals surface area (Å²) in [5, 5.41) is 3.41. The van der Waals surface area contributed by atoms with Gasteiger partial charge in [-0.25, -0.2) is 0 Å². The van der Waals surface area contributed by atoms with Crippen molar-refractivity contribution in [2.24, 2.45) is 5.92 Å². The van der Waals surface area contributed by atoms with Gasteiger partial charge in [0.15, 0.2) is 0 Å². The molecule has 3 heteroatoms. The van der Waals surface area contributed by atoms with E-state index in [0.29, 0.717) is 5.78 Å². The molecule has 4 rings (SSSR count). The zero-order chi connectivity index (χ0) is 14.3. The topological polar surface area (TPSA) is 38.3 Å². The average molecular weight is 285 g/mol. The second kappa shape index (κ2) is 5.22. The summed E-state index contributed by atoms with van der Waals surface area (Å²) in [5.41, 5.74) is 2.59. The normalized spacial score (nSPS) is 30.5. The Balaban J connectivity index is 1.55. The number of carbonyl (C=O) groups excluding carboxylic acids is 1. The molecule has 21 heavy (non-hydrogen) atoms. The van der Waals surface area contributed by atoms with E-state index in [1.165, 1.54) is 17.5 Å². The lowest BCUT2D eigenvalue weighted by atomic mass is 9.69. The average Bonchev–Trinajstić information content (AvgIpc) is 2.52. The number of ketones is 1. The van der Waals surface area contributed by atoms with Crippen molar-refractivity contribution >= 4 is 5.78 Å². The molecule has 0 aromatic heterocycles. The summed E-state index contributed by atoms with van der Waals surface area (Å²) in [5.74, 6) is 0.663. The van der Waals surface area contributed by atoms with Gasteiger partial charge in [-0.1, -0.05) is 24.3 Å². The van der Waals surface area contributed by atoms with Gasteiger partial charge in [-0.05, 0) is 43.2 Å². The lowest BCUT2D eigenvalue weighted by molar-refractivity contribution is -0.156. The molecule has 2 aliphatic heterocycles. The Morgan fingerprint density at radius 2 is 2.14 bits per heavy atom. The summed E-state index contributed by atoms with van der Waals surface area (Å²) in [7, 11) is 0. The van der Waals surface area contributed by atoms with E-state index in [-0.39, 0.29) is 17.4 Å². The van der Waals surface area contributed by atoms with Gasteiger partial charge in [-0.15, -0.1) is 0 Å².